The summed E-state index contributed by atoms with van der Waals surface area (Å²) in [6.07, 6.45) is 3.20. The Morgan fingerprint density at radius 1 is 1.21 bits per heavy atom. The van der Waals surface area contributed by atoms with Crippen LogP contribution in [0.3, 0.4) is 0 Å². The molecule has 0 fully saturated rings. The summed E-state index contributed by atoms with van der Waals surface area (Å²) in [4.78, 5) is 3.31. The number of benzene rings is 1. The van der Waals surface area contributed by atoms with E-state index < -0.39 is 0 Å². The standard InChI is InChI=1S/C15H22N2OS/c1-5-15(6-2,7-3)17-11-9-8-10-12(18-4)13(11)16-14(17)19/h8-10H,5-7H2,1-4H3,(H,16,19). The van der Waals surface area contributed by atoms with Crippen LogP contribution in [0.5, 0.6) is 5.75 Å². The molecule has 0 radical (unpaired) electrons. The number of aromatic nitrogens is 2. The molecule has 4 heteroatoms. The fraction of sp³-hybridized carbons (Fsp3) is 0.533. The molecule has 2 rings (SSSR count). The number of rotatable bonds is 5. The lowest BCUT2D eigenvalue weighted by atomic mass is 9.89. The second-order valence-electron chi connectivity index (χ2n) is 4.90. The highest BCUT2D eigenvalue weighted by molar-refractivity contribution is 7.71. The van der Waals surface area contributed by atoms with Gasteiger partial charge in [0, 0.05) is 5.54 Å². The summed E-state index contributed by atoms with van der Waals surface area (Å²) >= 11 is 5.56. The van der Waals surface area contributed by atoms with Gasteiger partial charge in [0.05, 0.1) is 12.6 Å². The van der Waals surface area contributed by atoms with Gasteiger partial charge < -0.3 is 14.3 Å². The van der Waals surface area contributed by atoms with Gasteiger partial charge in [-0.1, -0.05) is 26.8 Å². The van der Waals surface area contributed by atoms with E-state index in [2.05, 4.69) is 36.4 Å². The number of hydrogen-bond donors (Lipinski definition) is 1. The summed E-state index contributed by atoms with van der Waals surface area (Å²) in [5, 5.41) is 0. The Kier molecular flexibility index (Phi) is 3.99. The largest absolute Gasteiger partial charge is 0.494 e. The van der Waals surface area contributed by atoms with Crippen LogP contribution in [-0.4, -0.2) is 16.7 Å². The van der Waals surface area contributed by atoms with E-state index in [1.165, 1.54) is 0 Å². The zero-order valence-corrected chi connectivity index (χ0v) is 12.9. The van der Waals surface area contributed by atoms with Crippen LogP contribution in [0.1, 0.15) is 40.0 Å². The zero-order chi connectivity index (χ0) is 14.0. The quantitative estimate of drug-likeness (QED) is 0.808. The Morgan fingerprint density at radius 2 is 1.84 bits per heavy atom. The topological polar surface area (TPSA) is 29.9 Å². The van der Waals surface area contributed by atoms with Gasteiger partial charge in [-0.2, -0.15) is 0 Å². The summed E-state index contributed by atoms with van der Waals surface area (Å²) in [6, 6.07) is 6.09. The maximum Gasteiger partial charge on any atom is 0.178 e. The molecule has 1 aromatic heterocycles. The van der Waals surface area contributed by atoms with Crippen molar-refractivity contribution < 1.29 is 4.74 Å². The molecule has 3 nitrogen and oxygen atoms in total. The average molecular weight is 278 g/mol. The number of nitrogens with one attached hydrogen (secondary N) is 1. The van der Waals surface area contributed by atoms with E-state index in [0.717, 1.165) is 40.8 Å². The predicted molar refractivity (Wildman–Crippen MR) is 82.5 cm³/mol. The zero-order valence-electron chi connectivity index (χ0n) is 12.1. The van der Waals surface area contributed by atoms with E-state index in [9.17, 15) is 0 Å². The second kappa shape index (κ2) is 5.37. The van der Waals surface area contributed by atoms with Crippen LogP contribution in [0.4, 0.5) is 0 Å². The van der Waals surface area contributed by atoms with E-state index in [0.29, 0.717) is 0 Å². The highest BCUT2D eigenvalue weighted by Gasteiger charge is 2.29. The first-order valence-corrected chi connectivity index (χ1v) is 7.32. The Hall–Kier alpha value is -1.29. The lowest BCUT2D eigenvalue weighted by Gasteiger charge is -2.33. The highest BCUT2D eigenvalue weighted by Crippen LogP contribution is 2.35. The van der Waals surface area contributed by atoms with Crippen LogP contribution < -0.4 is 4.74 Å². The van der Waals surface area contributed by atoms with Crippen molar-refractivity contribution >= 4 is 23.3 Å². The van der Waals surface area contributed by atoms with Crippen LogP contribution in [0.2, 0.25) is 0 Å². The third-order valence-corrected chi connectivity index (χ3v) is 4.63. The summed E-state index contributed by atoms with van der Waals surface area (Å²) in [6.45, 7) is 6.69. The first kappa shape index (κ1) is 14.1. The molecule has 1 N–H and O–H groups in total. The van der Waals surface area contributed by atoms with Gasteiger partial charge in [0.2, 0.25) is 0 Å². The van der Waals surface area contributed by atoms with E-state index in [1.807, 2.05) is 12.1 Å². The first-order chi connectivity index (χ1) is 9.13. The molecule has 19 heavy (non-hydrogen) atoms. The number of para-hydroxylation sites is 1. The number of H-pyrrole nitrogens is 1. The summed E-state index contributed by atoms with van der Waals surface area (Å²) in [5.41, 5.74) is 2.21. The molecule has 0 saturated carbocycles. The van der Waals surface area contributed by atoms with Gasteiger partial charge >= 0.3 is 0 Å². The van der Waals surface area contributed by atoms with Gasteiger partial charge in [-0.3, -0.25) is 0 Å². The average Bonchev–Trinajstić information content (AvgIpc) is 2.79. The van der Waals surface area contributed by atoms with Crippen LogP contribution in [0.15, 0.2) is 18.2 Å². The monoisotopic (exact) mass is 278 g/mol. The minimum atomic E-state index is 0.0850. The van der Waals surface area contributed by atoms with Gasteiger partial charge in [0.1, 0.15) is 11.3 Å². The fourth-order valence-corrected chi connectivity index (χ4v) is 3.36. The normalized spacial score (nSPS) is 12.0. The van der Waals surface area contributed by atoms with Gasteiger partial charge in [-0.05, 0) is 43.6 Å². The maximum absolute atomic E-state index is 5.56. The number of aromatic amines is 1. The van der Waals surface area contributed by atoms with E-state index in [4.69, 9.17) is 17.0 Å². The molecule has 1 heterocycles. The molecular formula is C15H22N2OS. The molecule has 0 spiro atoms. The Bertz CT molecular complexity index is 614. The molecule has 0 amide bonds. The highest BCUT2D eigenvalue weighted by atomic mass is 32.1. The van der Waals surface area contributed by atoms with Crippen LogP contribution >= 0.6 is 12.2 Å². The Labute approximate surface area is 119 Å². The van der Waals surface area contributed by atoms with E-state index in [-0.39, 0.29) is 5.54 Å². The summed E-state index contributed by atoms with van der Waals surface area (Å²) < 4.78 is 8.48. The van der Waals surface area contributed by atoms with Crippen molar-refractivity contribution in [2.24, 2.45) is 0 Å². The summed E-state index contributed by atoms with van der Waals surface area (Å²) in [7, 11) is 1.69. The van der Waals surface area contributed by atoms with Crippen molar-refractivity contribution in [2.75, 3.05) is 7.11 Å². The molecular weight excluding hydrogens is 256 g/mol. The predicted octanol–water partition coefficient (Wildman–Crippen LogP) is 4.63. The molecule has 0 aliphatic heterocycles. The van der Waals surface area contributed by atoms with Gasteiger partial charge in [-0.15, -0.1) is 0 Å². The lowest BCUT2D eigenvalue weighted by Crippen LogP contribution is -2.31. The molecule has 0 bridgehead atoms. The molecule has 104 valence electrons. The van der Waals surface area contributed by atoms with Crippen LogP contribution in [-0.2, 0) is 5.54 Å². The van der Waals surface area contributed by atoms with Gasteiger partial charge in [-0.25, -0.2) is 0 Å². The number of ether oxygens (including phenoxy) is 1. The SMILES string of the molecule is CCC(CC)(CC)n1c(=S)[nH]c2c(OC)cccc21. The molecule has 0 saturated heterocycles. The van der Waals surface area contributed by atoms with Crippen molar-refractivity contribution in [1.82, 2.24) is 9.55 Å². The molecule has 0 unspecified atom stereocenters. The number of fused-ring (bicyclic) bond motifs is 1. The van der Waals surface area contributed by atoms with E-state index >= 15 is 0 Å². The molecule has 1 aromatic carbocycles. The number of nitrogens with zero attached hydrogens (tertiary/aromatic N) is 1. The van der Waals surface area contributed by atoms with Crippen molar-refractivity contribution in [2.45, 2.75) is 45.6 Å². The second-order valence-corrected chi connectivity index (χ2v) is 5.29. The fourth-order valence-electron chi connectivity index (χ4n) is 2.97. The van der Waals surface area contributed by atoms with Crippen molar-refractivity contribution in [3.8, 4) is 5.75 Å². The third kappa shape index (κ3) is 2.08. The van der Waals surface area contributed by atoms with Crippen molar-refractivity contribution in [1.29, 1.82) is 0 Å². The maximum atomic E-state index is 5.56. The lowest BCUT2D eigenvalue weighted by molar-refractivity contribution is 0.255. The minimum absolute atomic E-state index is 0.0850. The number of hydrogen-bond acceptors (Lipinski definition) is 2. The Balaban J connectivity index is 2.81. The van der Waals surface area contributed by atoms with Gasteiger partial charge in [0.15, 0.2) is 4.77 Å². The minimum Gasteiger partial charge on any atom is -0.494 e. The van der Waals surface area contributed by atoms with Crippen molar-refractivity contribution in [3.05, 3.63) is 23.0 Å². The van der Waals surface area contributed by atoms with Gasteiger partial charge in [0.25, 0.3) is 0 Å². The molecule has 0 aliphatic rings. The number of methoxy groups -OCH3 is 1. The van der Waals surface area contributed by atoms with E-state index in [1.54, 1.807) is 7.11 Å². The van der Waals surface area contributed by atoms with Crippen molar-refractivity contribution in [3.63, 3.8) is 0 Å². The third-order valence-electron chi connectivity index (χ3n) is 4.35. The molecule has 2 aromatic rings. The molecule has 0 aliphatic carbocycles. The Morgan fingerprint density at radius 3 is 2.37 bits per heavy atom. The summed E-state index contributed by atoms with van der Waals surface area (Å²) in [5.74, 6) is 0.847. The van der Waals surface area contributed by atoms with Crippen LogP contribution in [0.25, 0.3) is 11.0 Å². The van der Waals surface area contributed by atoms with Crippen LogP contribution in [0, 0.1) is 4.77 Å². The smallest absolute Gasteiger partial charge is 0.178 e. The number of imidazole rings is 1. The first-order valence-electron chi connectivity index (χ1n) is 6.91. The molecule has 0 atom stereocenters.